The first-order valence-corrected chi connectivity index (χ1v) is 5.27. The van der Waals surface area contributed by atoms with Gasteiger partial charge in [0.25, 0.3) is 0 Å². The highest BCUT2D eigenvalue weighted by molar-refractivity contribution is 5.34. The molecule has 0 aromatic heterocycles. The van der Waals surface area contributed by atoms with E-state index in [1.54, 1.807) is 13.8 Å². The molecule has 1 aliphatic carbocycles. The van der Waals surface area contributed by atoms with Gasteiger partial charge in [-0.2, -0.15) is 0 Å². The zero-order valence-corrected chi connectivity index (χ0v) is 9.65. The normalized spacial score (nSPS) is 29.0. The highest BCUT2D eigenvalue weighted by Gasteiger charge is 2.61. The average Bonchev–Trinajstić information content (AvgIpc) is 2.14. The van der Waals surface area contributed by atoms with Crippen LogP contribution in [0.15, 0.2) is 11.1 Å². The van der Waals surface area contributed by atoms with E-state index < -0.39 is 17.5 Å². The molecular weight excluding hydrogens is 196 g/mol. The molecule has 0 aromatic carbocycles. The molecule has 0 radical (unpaired) electrons. The van der Waals surface area contributed by atoms with Gasteiger partial charge < -0.3 is 20.4 Å². The first-order valence-electron chi connectivity index (χ1n) is 5.27. The molecule has 1 unspecified atom stereocenters. The van der Waals surface area contributed by atoms with Crippen molar-refractivity contribution in [2.75, 3.05) is 0 Å². The van der Waals surface area contributed by atoms with Crippen molar-refractivity contribution >= 4 is 0 Å². The summed E-state index contributed by atoms with van der Waals surface area (Å²) in [6.07, 6.45) is 0.394. The molecule has 4 nitrogen and oxygen atoms in total. The Hall–Kier alpha value is -0.420. The Balaban J connectivity index is 3.29. The van der Waals surface area contributed by atoms with Gasteiger partial charge in [-0.15, -0.1) is 0 Å². The van der Waals surface area contributed by atoms with Crippen molar-refractivity contribution in [1.29, 1.82) is 0 Å². The Labute approximate surface area is 89.9 Å². The minimum Gasteiger partial charge on any atom is -0.361 e. The van der Waals surface area contributed by atoms with E-state index in [2.05, 4.69) is 0 Å². The van der Waals surface area contributed by atoms with Gasteiger partial charge in [0.15, 0.2) is 0 Å². The quantitative estimate of drug-likeness (QED) is 0.397. The topological polar surface area (TPSA) is 80.9 Å². The number of hydrogen-bond donors (Lipinski definition) is 4. The Bertz CT molecular complexity index is 289. The fourth-order valence-corrected chi connectivity index (χ4v) is 2.69. The van der Waals surface area contributed by atoms with Crippen LogP contribution in [0.25, 0.3) is 0 Å². The van der Waals surface area contributed by atoms with E-state index in [9.17, 15) is 20.4 Å². The van der Waals surface area contributed by atoms with Gasteiger partial charge >= 0.3 is 0 Å². The second-order valence-corrected chi connectivity index (χ2v) is 4.64. The second kappa shape index (κ2) is 3.56. The van der Waals surface area contributed by atoms with Crippen molar-refractivity contribution in [3.8, 4) is 0 Å². The van der Waals surface area contributed by atoms with E-state index in [0.29, 0.717) is 17.6 Å². The molecule has 0 aromatic rings. The van der Waals surface area contributed by atoms with Crippen LogP contribution in [0.5, 0.6) is 0 Å². The molecule has 0 aliphatic heterocycles. The van der Waals surface area contributed by atoms with E-state index in [0.717, 1.165) is 0 Å². The average molecular weight is 216 g/mol. The number of aliphatic hydroxyl groups is 4. The maximum atomic E-state index is 9.84. The van der Waals surface area contributed by atoms with E-state index >= 15 is 0 Å². The molecule has 1 rings (SSSR count). The second-order valence-electron chi connectivity index (χ2n) is 4.64. The van der Waals surface area contributed by atoms with Crippen molar-refractivity contribution in [3.05, 3.63) is 11.1 Å². The van der Waals surface area contributed by atoms with E-state index in [-0.39, 0.29) is 5.92 Å². The minimum atomic E-state index is -2.53. The van der Waals surface area contributed by atoms with Gasteiger partial charge in [0.05, 0.1) is 0 Å². The smallest absolute Gasteiger partial charge is 0.242 e. The molecule has 1 atom stereocenters. The summed E-state index contributed by atoms with van der Waals surface area (Å²) in [7, 11) is 0. The van der Waals surface area contributed by atoms with E-state index in [1.807, 2.05) is 13.8 Å². The van der Waals surface area contributed by atoms with Crippen LogP contribution >= 0.6 is 0 Å². The summed E-state index contributed by atoms with van der Waals surface area (Å²) in [6.45, 7) is 7.13. The van der Waals surface area contributed by atoms with Crippen LogP contribution in [0.4, 0.5) is 0 Å². The first-order chi connectivity index (χ1) is 6.67. The third-order valence-electron chi connectivity index (χ3n) is 3.33. The molecule has 15 heavy (non-hydrogen) atoms. The fraction of sp³-hybridized carbons (Fsp3) is 0.818. The monoisotopic (exact) mass is 216 g/mol. The molecule has 4 N–H and O–H groups in total. The maximum Gasteiger partial charge on any atom is 0.242 e. The van der Waals surface area contributed by atoms with Crippen LogP contribution in [0.2, 0.25) is 0 Å². The molecule has 0 bridgehead atoms. The molecule has 0 saturated carbocycles. The molecule has 1 aliphatic rings. The standard InChI is InChI=1S/C11H20O4/c1-5-8-7(4)9(6(2)3)11(14,15)10(8,12)13/h6,9,12-15H,5H2,1-4H3. The van der Waals surface area contributed by atoms with Crippen molar-refractivity contribution in [2.45, 2.75) is 45.7 Å². The zero-order valence-electron chi connectivity index (χ0n) is 9.65. The molecule has 4 heteroatoms. The molecule has 0 heterocycles. The summed E-state index contributed by atoms with van der Waals surface area (Å²) in [5.74, 6) is -5.72. The Morgan fingerprint density at radius 1 is 1.20 bits per heavy atom. The summed E-state index contributed by atoms with van der Waals surface area (Å²) in [5, 5.41) is 39.2. The van der Waals surface area contributed by atoms with Crippen molar-refractivity contribution in [1.82, 2.24) is 0 Å². The summed E-state index contributed by atoms with van der Waals surface area (Å²) < 4.78 is 0. The lowest BCUT2D eigenvalue weighted by Crippen LogP contribution is -2.56. The van der Waals surface area contributed by atoms with Crippen LogP contribution in [0.1, 0.15) is 34.1 Å². The van der Waals surface area contributed by atoms with Gasteiger partial charge in [0.1, 0.15) is 0 Å². The predicted octanol–water partition coefficient (Wildman–Crippen LogP) is 0.360. The van der Waals surface area contributed by atoms with Crippen LogP contribution in [0.3, 0.4) is 0 Å². The molecule has 0 spiro atoms. The van der Waals surface area contributed by atoms with E-state index in [4.69, 9.17) is 0 Å². The van der Waals surface area contributed by atoms with Crippen molar-refractivity contribution in [2.24, 2.45) is 11.8 Å². The van der Waals surface area contributed by atoms with Crippen LogP contribution in [-0.4, -0.2) is 32.0 Å². The lowest BCUT2D eigenvalue weighted by Gasteiger charge is -2.36. The number of rotatable bonds is 2. The molecule has 0 fully saturated rings. The summed E-state index contributed by atoms with van der Waals surface area (Å²) in [6, 6.07) is 0. The third kappa shape index (κ3) is 1.52. The lowest BCUT2D eigenvalue weighted by molar-refractivity contribution is -0.348. The molecule has 88 valence electrons. The first kappa shape index (κ1) is 12.6. The molecular formula is C11H20O4. The zero-order chi connectivity index (χ0) is 12.0. The number of hydrogen-bond acceptors (Lipinski definition) is 4. The minimum absolute atomic E-state index is 0.0669. The Kier molecular flexibility index (Phi) is 3.00. The Morgan fingerprint density at radius 3 is 1.87 bits per heavy atom. The van der Waals surface area contributed by atoms with E-state index in [1.165, 1.54) is 0 Å². The van der Waals surface area contributed by atoms with Crippen LogP contribution in [0, 0.1) is 11.8 Å². The largest absolute Gasteiger partial charge is 0.361 e. The maximum absolute atomic E-state index is 9.84. The summed E-state index contributed by atoms with van der Waals surface area (Å²) >= 11 is 0. The lowest BCUT2D eigenvalue weighted by atomic mass is 9.85. The SMILES string of the molecule is CCC1=C(C)C(C(C)C)C(O)(O)C1(O)O. The Morgan fingerprint density at radius 2 is 1.67 bits per heavy atom. The fourth-order valence-electron chi connectivity index (χ4n) is 2.69. The highest BCUT2D eigenvalue weighted by atomic mass is 16.6. The summed E-state index contributed by atoms with van der Waals surface area (Å²) in [5.41, 5.74) is 0.980. The summed E-state index contributed by atoms with van der Waals surface area (Å²) in [4.78, 5) is 0. The highest BCUT2D eigenvalue weighted by Crippen LogP contribution is 2.48. The van der Waals surface area contributed by atoms with Crippen molar-refractivity contribution < 1.29 is 20.4 Å². The van der Waals surface area contributed by atoms with Gasteiger partial charge in [0, 0.05) is 5.92 Å². The van der Waals surface area contributed by atoms with Crippen LogP contribution in [-0.2, 0) is 0 Å². The third-order valence-corrected chi connectivity index (χ3v) is 3.33. The van der Waals surface area contributed by atoms with Gasteiger partial charge in [-0.05, 0) is 24.8 Å². The van der Waals surface area contributed by atoms with Crippen LogP contribution < -0.4 is 0 Å². The van der Waals surface area contributed by atoms with Gasteiger partial charge in [-0.1, -0.05) is 26.3 Å². The van der Waals surface area contributed by atoms with Crippen molar-refractivity contribution in [3.63, 3.8) is 0 Å². The van der Waals surface area contributed by atoms with Gasteiger partial charge in [0.2, 0.25) is 11.6 Å². The van der Waals surface area contributed by atoms with Gasteiger partial charge in [-0.25, -0.2) is 0 Å². The molecule has 0 saturated heterocycles. The predicted molar refractivity (Wildman–Crippen MR) is 55.7 cm³/mol. The van der Waals surface area contributed by atoms with Gasteiger partial charge in [-0.3, -0.25) is 0 Å². The molecule has 0 amide bonds.